The van der Waals surface area contributed by atoms with Crippen LogP contribution in [0.2, 0.25) is 0 Å². The molecule has 9 N–H and O–H groups in total. The molecule has 1 rings (SSSR count). The quantitative estimate of drug-likeness (QED) is 0.0261. The molecule has 56 heavy (non-hydrogen) atoms. The van der Waals surface area contributed by atoms with E-state index in [1.807, 2.05) is 30.3 Å². The van der Waals surface area contributed by atoms with Crippen molar-refractivity contribution in [1.82, 2.24) is 31.9 Å². The van der Waals surface area contributed by atoms with E-state index >= 15 is 0 Å². The highest BCUT2D eigenvalue weighted by Gasteiger charge is 2.20. The van der Waals surface area contributed by atoms with E-state index in [9.17, 15) is 38.4 Å². The standard InChI is InChI=1S/C36H57N7O13/c1-26(45)30(21-27-7-3-2-4-8-27)43-32(47)22-41-35(50)28(37)9-5-6-12-38-33(48)23-55-19-18-54-16-14-40-34(49)24-56-20-17-53-15-13-39-31(46)11-10-29(36(51)52)42-25-44/h2-4,7-8,25,28-30H,5-6,9-24,37H2,1H3,(H,38,48)(H,39,46)(H,40,49)(H,41,50)(H,42,44)(H,43,47)(H,51,52)/t28-,29-,30-/m0/s1. The number of hydrogen-bond donors (Lipinski definition) is 8. The molecule has 6 amide bonds. The molecule has 1 aromatic rings. The number of hydrogen-bond acceptors (Lipinski definition) is 13. The smallest absolute Gasteiger partial charge is 0.326 e. The van der Waals surface area contributed by atoms with Gasteiger partial charge in [0.05, 0.1) is 58.3 Å². The van der Waals surface area contributed by atoms with Crippen LogP contribution in [0, 0.1) is 0 Å². The highest BCUT2D eigenvalue weighted by atomic mass is 16.5. The zero-order valence-corrected chi connectivity index (χ0v) is 31.8. The molecule has 0 aliphatic heterocycles. The molecule has 0 unspecified atom stereocenters. The number of carbonyl (C=O) groups is 8. The number of amides is 6. The van der Waals surface area contributed by atoms with Crippen LogP contribution in [-0.4, -0.2) is 150 Å². The zero-order chi connectivity index (χ0) is 41.4. The van der Waals surface area contributed by atoms with Crippen molar-refractivity contribution in [1.29, 1.82) is 0 Å². The maximum atomic E-state index is 12.3. The maximum Gasteiger partial charge on any atom is 0.326 e. The Morgan fingerprint density at radius 1 is 0.696 bits per heavy atom. The molecule has 3 atom stereocenters. The van der Waals surface area contributed by atoms with Gasteiger partial charge in [0.25, 0.3) is 0 Å². The summed E-state index contributed by atoms with van der Waals surface area (Å²) >= 11 is 0. The lowest BCUT2D eigenvalue weighted by Gasteiger charge is -2.17. The van der Waals surface area contributed by atoms with E-state index in [1.165, 1.54) is 6.92 Å². The largest absolute Gasteiger partial charge is 0.480 e. The van der Waals surface area contributed by atoms with Gasteiger partial charge in [-0.3, -0.25) is 33.6 Å². The number of ether oxygens (including phenoxy) is 4. The van der Waals surface area contributed by atoms with Crippen LogP contribution in [0.3, 0.4) is 0 Å². The number of ketones is 1. The summed E-state index contributed by atoms with van der Waals surface area (Å²) in [6.07, 6.45) is 1.98. The first-order valence-electron chi connectivity index (χ1n) is 18.3. The fraction of sp³-hybridized carbons (Fsp3) is 0.611. The molecule has 1 aromatic carbocycles. The third-order valence-electron chi connectivity index (χ3n) is 7.71. The van der Waals surface area contributed by atoms with Gasteiger partial charge in [0, 0.05) is 26.1 Å². The molecule has 0 bridgehead atoms. The van der Waals surface area contributed by atoms with Crippen LogP contribution in [0.1, 0.15) is 44.6 Å². The topological polar surface area (TPSA) is 292 Å². The van der Waals surface area contributed by atoms with E-state index in [0.717, 1.165) is 5.56 Å². The van der Waals surface area contributed by atoms with Crippen LogP contribution in [0.15, 0.2) is 30.3 Å². The van der Waals surface area contributed by atoms with Gasteiger partial charge < -0.3 is 61.7 Å². The van der Waals surface area contributed by atoms with Gasteiger partial charge in [-0.15, -0.1) is 0 Å². The Labute approximate surface area is 326 Å². The van der Waals surface area contributed by atoms with Gasteiger partial charge in [-0.1, -0.05) is 30.3 Å². The molecule has 0 aliphatic rings. The average Bonchev–Trinajstić information content (AvgIpc) is 3.17. The first-order valence-corrected chi connectivity index (χ1v) is 18.3. The second-order valence-corrected chi connectivity index (χ2v) is 12.3. The van der Waals surface area contributed by atoms with E-state index in [0.29, 0.717) is 32.2 Å². The van der Waals surface area contributed by atoms with Crippen molar-refractivity contribution in [2.45, 2.75) is 63.6 Å². The van der Waals surface area contributed by atoms with Crippen molar-refractivity contribution in [2.75, 3.05) is 79.0 Å². The first kappa shape index (κ1) is 49.0. The molecule has 0 heterocycles. The summed E-state index contributed by atoms with van der Waals surface area (Å²) in [5.41, 5.74) is 6.83. The number of carboxylic acids is 1. The van der Waals surface area contributed by atoms with E-state index in [4.69, 9.17) is 29.8 Å². The molecule has 0 aliphatic carbocycles. The number of carboxylic acid groups (broad SMARTS) is 1. The lowest BCUT2D eigenvalue weighted by molar-refractivity contribution is -0.141. The SMILES string of the molecule is CC(=O)[C@H](Cc1ccccc1)NC(=O)CNC(=O)[C@@H](N)CCCCNC(=O)COCCOCCNC(=O)COCCOCCNC(=O)CC[C@H](NC=O)C(=O)O. The van der Waals surface area contributed by atoms with Gasteiger partial charge in [0.15, 0.2) is 5.78 Å². The van der Waals surface area contributed by atoms with Crippen LogP contribution in [-0.2, 0) is 63.7 Å². The fourth-order valence-corrected chi connectivity index (χ4v) is 4.66. The molecular weight excluding hydrogens is 738 g/mol. The molecule has 0 radical (unpaired) electrons. The van der Waals surface area contributed by atoms with Crippen LogP contribution >= 0.6 is 0 Å². The number of nitrogens with one attached hydrogen (secondary N) is 6. The summed E-state index contributed by atoms with van der Waals surface area (Å²) in [7, 11) is 0. The third-order valence-corrected chi connectivity index (χ3v) is 7.71. The van der Waals surface area contributed by atoms with Crippen LogP contribution in [0.25, 0.3) is 0 Å². The van der Waals surface area contributed by atoms with Crippen LogP contribution in [0.5, 0.6) is 0 Å². The van der Waals surface area contributed by atoms with E-state index in [-0.39, 0.29) is 115 Å². The molecule has 314 valence electrons. The molecule has 0 spiro atoms. The van der Waals surface area contributed by atoms with Crippen molar-refractivity contribution in [3.05, 3.63) is 35.9 Å². The Bertz CT molecular complexity index is 1350. The summed E-state index contributed by atoms with van der Waals surface area (Å²) in [5, 5.41) is 24.1. The van der Waals surface area contributed by atoms with E-state index < -0.39 is 35.9 Å². The van der Waals surface area contributed by atoms with Crippen LogP contribution < -0.4 is 37.6 Å². The minimum absolute atomic E-state index is 0.0409. The zero-order valence-electron chi connectivity index (χ0n) is 31.8. The highest BCUT2D eigenvalue weighted by Crippen LogP contribution is 2.04. The van der Waals surface area contributed by atoms with Gasteiger partial charge in [0.2, 0.25) is 35.9 Å². The Kier molecular flexibility index (Phi) is 27.3. The number of benzene rings is 1. The van der Waals surface area contributed by atoms with Crippen molar-refractivity contribution < 1.29 is 62.4 Å². The monoisotopic (exact) mass is 795 g/mol. The number of aliphatic carboxylic acids is 1. The first-order chi connectivity index (χ1) is 26.9. The van der Waals surface area contributed by atoms with Gasteiger partial charge in [-0.25, -0.2) is 4.79 Å². The van der Waals surface area contributed by atoms with Gasteiger partial charge in [-0.05, 0) is 44.6 Å². The molecular formula is C36H57N7O13. The molecule has 20 heteroatoms. The summed E-state index contributed by atoms with van der Waals surface area (Å²) in [6, 6.07) is 6.61. The molecule has 0 saturated heterocycles. The van der Waals surface area contributed by atoms with E-state index in [2.05, 4.69) is 31.9 Å². The average molecular weight is 796 g/mol. The predicted molar refractivity (Wildman–Crippen MR) is 200 cm³/mol. The maximum absolute atomic E-state index is 12.3. The van der Waals surface area contributed by atoms with Crippen LogP contribution in [0.4, 0.5) is 0 Å². The van der Waals surface area contributed by atoms with Gasteiger partial charge in [0.1, 0.15) is 19.3 Å². The number of nitrogens with two attached hydrogens (primary N) is 1. The molecule has 0 aromatic heterocycles. The Morgan fingerprint density at radius 2 is 1.27 bits per heavy atom. The van der Waals surface area contributed by atoms with Crippen molar-refractivity contribution in [2.24, 2.45) is 5.73 Å². The van der Waals surface area contributed by atoms with E-state index in [1.54, 1.807) is 0 Å². The summed E-state index contributed by atoms with van der Waals surface area (Å²) in [6.45, 7) is 2.70. The minimum atomic E-state index is -1.22. The predicted octanol–water partition coefficient (Wildman–Crippen LogP) is -2.69. The second-order valence-electron chi connectivity index (χ2n) is 12.3. The van der Waals surface area contributed by atoms with Gasteiger partial charge in [-0.2, -0.15) is 0 Å². The Balaban J connectivity index is 1.95. The number of Topliss-reactive ketones (excluding diaryl/α,β-unsaturated/α-hetero) is 1. The number of carbonyl (C=O) groups excluding carboxylic acids is 7. The number of rotatable bonds is 34. The third kappa shape index (κ3) is 25.9. The fourth-order valence-electron chi connectivity index (χ4n) is 4.66. The number of unbranched alkanes of at least 4 members (excludes halogenated alkanes) is 1. The second kappa shape index (κ2) is 31.2. The highest BCUT2D eigenvalue weighted by molar-refractivity contribution is 5.91. The lowest BCUT2D eigenvalue weighted by Crippen LogP contribution is -2.48. The molecule has 0 saturated carbocycles. The summed E-state index contributed by atoms with van der Waals surface area (Å²) < 4.78 is 21.1. The van der Waals surface area contributed by atoms with Crippen molar-refractivity contribution in [3.8, 4) is 0 Å². The molecule has 20 nitrogen and oxygen atoms in total. The Morgan fingerprint density at radius 3 is 1.84 bits per heavy atom. The Hall–Kier alpha value is -5.02. The van der Waals surface area contributed by atoms with Crippen molar-refractivity contribution in [3.63, 3.8) is 0 Å². The van der Waals surface area contributed by atoms with Crippen molar-refractivity contribution >= 4 is 47.7 Å². The van der Waals surface area contributed by atoms with Gasteiger partial charge >= 0.3 is 5.97 Å². The summed E-state index contributed by atoms with van der Waals surface area (Å²) in [4.78, 5) is 93.4. The lowest BCUT2D eigenvalue weighted by atomic mass is 10.0. The molecule has 0 fully saturated rings. The normalized spacial score (nSPS) is 12.3. The minimum Gasteiger partial charge on any atom is -0.480 e. The summed E-state index contributed by atoms with van der Waals surface area (Å²) in [5.74, 6) is -3.44.